The first kappa shape index (κ1) is 14.1. The topological polar surface area (TPSA) is 72.3 Å². The van der Waals surface area contributed by atoms with Gasteiger partial charge in [0.25, 0.3) is 0 Å². The van der Waals surface area contributed by atoms with Crippen LogP contribution in [0.3, 0.4) is 0 Å². The summed E-state index contributed by atoms with van der Waals surface area (Å²) < 4.78 is 5.74. The highest BCUT2D eigenvalue weighted by atomic mass is 79.9. The van der Waals surface area contributed by atoms with E-state index in [1.807, 2.05) is 0 Å². The average Bonchev–Trinajstić information content (AvgIpc) is 2.79. The number of ether oxygens (including phenoxy) is 1. The Bertz CT molecular complexity index is 777. The molecule has 1 aliphatic heterocycles. The van der Waals surface area contributed by atoms with Crippen LogP contribution < -0.4 is 4.74 Å². The van der Waals surface area contributed by atoms with Gasteiger partial charge in [0.1, 0.15) is 10.7 Å². The maximum absolute atomic E-state index is 12.2. The summed E-state index contributed by atoms with van der Waals surface area (Å²) in [6.45, 7) is 0. The van der Waals surface area contributed by atoms with Gasteiger partial charge < -0.3 is 9.84 Å². The van der Waals surface area contributed by atoms with Crippen LogP contribution in [0.4, 0.5) is 0 Å². The fourth-order valence-electron chi connectivity index (χ4n) is 1.89. The Morgan fingerprint density at radius 1 is 1.33 bits per heavy atom. The largest absolute Gasteiger partial charge is 0.504 e. The molecule has 0 radical (unpaired) electrons. The minimum Gasteiger partial charge on any atom is -0.504 e. The van der Waals surface area contributed by atoms with Gasteiger partial charge in [0.2, 0.25) is 5.78 Å². The van der Waals surface area contributed by atoms with Crippen LogP contribution in [0.25, 0.3) is 6.08 Å². The third kappa shape index (κ3) is 2.54. The highest BCUT2D eigenvalue weighted by Gasteiger charge is 2.28. The van der Waals surface area contributed by atoms with Crippen molar-refractivity contribution < 1.29 is 14.6 Å². The molecule has 21 heavy (non-hydrogen) atoms. The van der Waals surface area contributed by atoms with Crippen LogP contribution in [-0.4, -0.2) is 28.0 Å². The van der Waals surface area contributed by atoms with Crippen LogP contribution in [0.1, 0.15) is 16.1 Å². The van der Waals surface area contributed by atoms with Gasteiger partial charge in [-0.2, -0.15) is 0 Å². The number of phenols is 1. The Kier molecular flexibility index (Phi) is 3.69. The van der Waals surface area contributed by atoms with E-state index in [2.05, 4.69) is 25.9 Å². The molecule has 0 aliphatic carbocycles. The molecule has 2 heterocycles. The summed E-state index contributed by atoms with van der Waals surface area (Å²) in [6.07, 6.45) is 4.78. The molecule has 0 atom stereocenters. The molecule has 5 nitrogen and oxygen atoms in total. The number of fused-ring (bicyclic) bond motifs is 1. The van der Waals surface area contributed by atoms with Gasteiger partial charge in [-0.05, 0) is 23.8 Å². The Balaban J connectivity index is 2.03. The second-order valence-corrected chi connectivity index (χ2v) is 6.08. The number of carbonyl (C=O) groups is 1. The molecule has 0 saturated heterocycles. The lowest BCUT2D eigenvalue weighted by molar-refractivity contribution is 0.103. The number of Topliss-reactive ketones (excluding diaryl/α,β-unsaturated/α-hetero) is 1. The fourth-order valence-corrected chi connectivity index (χ4v) is 3.28. The van der Waals surface area contributed by atoms with Crippen molar-refractivity contribution in [3.05, 3.63) is 45.2 Å². The lowest BCUT2D eigenvalue weighted by Gasteiger charge is -2.07. The van der Waals surface area contributed by atoms with Gasteiger partial charge in [-0.3, -0.25) is 4.79 Å². The predicted octanol–water partition coefficient (Wildman–Crippen LogP) is 3.28. The number of rotatable bonds is 2. The van der Waals surface area contributed by atoms with Crippen LogP contribution in [0.5, 0.6) is 11.5 Å². The van der Waals surface area contributed by atoms with Crippen molar-refractivity contribution in [2.75, 3.05) is 7.11 Å². The maximum Gasteiger partial charge on any atom is 0.220 e. The second kappa shape index (κ2) is 5.50. The number of hydrogen-bond acceptors (Lipinski definition) is 6. The lowest BCUT2D eigenvalue weighted by atomic mass is 10.1. The first-order valence-corrected chi connectivity index (χ1v) is 7.53. The summed E-state index contributed by atoms with van der Waals surface area (Å²) in [6, 6.07) is 3.18. The molecule has 0 unspecified atom stereocenters. The van der Waals surface area contributed by atoms with E-state index in [4.69, 9.17) is 4.74 Å². The summed E-state index contributed by atoms with van der Waals surface area (Å²) in [5.74, 6) is 0.222. The van der Waals surface area contributed by atoms with E-state index in [1.165, 1.54) is 31.1 Å². The number of thioether (sulfide) groups is 1. The number of aromatic nitrogens is 2. The Morgan fingerprint density at radius 2 is 2.10 bits per heavy atom. The number of methoxy groups -OCH3 is 1. The number of allylic oxidation sites excluding steroid dienone is 1. The van der Waals surface area contributed by atoms with Crippen molar-refractivity contribution in [2.45, 2.75) is 5.03 Å². The zero-order chi connectivity index (χ0) is 15.0. The van der Waals surface area contributed by atoms with Gasteiger partial charge in [0, 0.05) is 16.9 Å². The number of nitrogens with zero attached hydrogens (tertiary/aromatic N) is 2. The van der Waals surface area contributed by atoms with E-state index in [0.29, 0.717) is 25.8 Å². The first-order valence-electron chi connectivity index (χ1n) is 5.92. The van der Waals surface area contributed by atoms with E-state index in [9.17, 15) is 9.90 Å². The summed E-state index contributed by atoms with van der Waals surface area (Å²) in [4.78, 5) is 21.0. The molecule has 1 aromatic heterocycles. The van der Waals surface area contributed by atoms with E-state index < -0.39 is 0 Å². The van der Waals surface area contributed by atoms with Gasteiger partial charge in [0.15, 0.2) is 11.5 Å². The molecule has 1 aromatic carbocycles. The van der Waals surface area contributed by atoms with Crippen LogP contribution in [0, 0.1) is 0 Å². The minimum atomic E-state index is -0.151. The normalized spacial score (nSPS) is 15.3. The average molecular weight is 365 g/mol. The molecule has 3 rings (SSSR count). The fraction of sp³-hybridized carbons (Fsp3) is 0.0714. The molecule has 0 fully saturated rings. The molecule has 0 spiro atoms. The molecule has 2 aromatic rings. The molecular weight excluding hydrogens is 356 g/mol. The number of hydrogen-bond donors (Lipinski definition) is 1. The zero-order valence-electron chi connectivity index (χ0n) is 10.8. The Morgan fingerprint density at radius 3 is 2.81 bits per heavy atom. The summed E-state index contributed by atoms with van der Waals surface area (Å²) in [5.41, 5.74) is 1.10. The third-order valence-electron chi connectivity index (χ3n) is 2.89. The van der Waals surface area contributed by atoms with Gasteiger partial charge in [-0.1, -0.05) is 27.7 Å². The van der Waals surface area contributed by atoms with E-state index in [-0.39, 0.29) is 11.5 Å². The minimum absolute atomic E-state index is 0.0311. The quantitative estimate of drug-likeness (QED) is 0.824. The van der Waals surface area contributed by atoms with Crippen molar-refractivity contribution in [1.82, 2.24) is 9.97 Å². The molecule has 0 saturated carbocycles. The van der Waals surface area contributed by atoms with Crippen LogP contribution >= 0.6 is 27.7 Å². The van der Waals surface area contributed by atoms with Gasteiger partial charge in [0.05, 0.1) is 12.0 Å². The molecule has 7 heteroatoms. The number of benzene rings is 1. The van der Waals surface area contributed by atoms with Crippen molar-refractivity contribution in [1.29, 1.82) is 0 Å². The Labute approximate surface area is 133 Å². The Hall–Kier alpha value is -1.86. The first-order chi connectivity index (χ1) is 10.1. The number of carbonyl (C=O) groups excluding carboxylic acids is 1. The number of halogens is 1. The van der Waals surface area contributed by atoms with E-state index in [0.717, 1.165) is 5.56 Å². The van der Waals surface area contributed by atoms with E-state index >= 15 is 0 Å². The smallest absolute Gasteiger partial charge is 0.220 e. The molecule has 0 amide bonds. The molecule has 1 N–H and O–H groups in total. The van der Waals surface area contributed by atoms with Crippen molar-refractivity contribution in [2.24, 2.45) is 0 Å². The summed E-state index contributed by atoms with van der Waals surface area (Å²) in [5, 5.41) is 10.3. The number of aromatic hydroxyl groups is 1. The summed E-state index contributed by atoms with van der Waals surface area (Å²) in [7, 11) is 1.47. The monoisotopic (exact) mass is 364 g/mol. The van der Waals surface area contributed by atoms with Crippen molar-refractivity contribution in [3.8, 4) is 11.5 Å². The van der Waals surface area contributed by atoms with Gasteiger partial charge in [-0.15, -0.1) is 0 Å². The van der Waals surface area contributed by atoms with Crippen LogP contribution in [-0.2, 0) is 0 Å². The summed E-state index contributed by atoms with van der Waals surface area (Å²) >= 11 is 4.64. The van der Waals surface area contributed by atoms with Crippen LogP contribution in [0.15, 0.2) is 38.9 Å². The van der Waals surface area contributed by atoms with Crippen LogP contribution in [0.2, 0.25) is 0 Å². The van der Waals surface area contributed by atoms with Crippen molar-refractivity contribution >= 4 is 39.6 Å². The molecule has 106 valence electrons. The number of phenolic OH excluding ortho intramolecular Hbond substituents is 1. The van der Waals surface area contributed by atoms with Gasteiger partial charge in [-0.25, -0.2) is 9.97 Å². The second-order valence-electron chi connectivity index (χ2n) is 4.20. The lowest BCUT2D eigenvalue weighted by Crippen LogP contribution is -1.98. The SMILES string of the molecule is COc1cc(/C=C2\Sc3nccnc3C2=O)c(Br)cc1O. The third-order valence-corrected chi connectivity index (χ3v) is 4.60. The molecule has 0 bridgehead atoms. The van der Waals surface area contributed by atoms with Crippen molar-refractivity contribution in [3.63, 3.8) is 0 Å². The highest BCUT2D eigenvalue weighted by molar-refractivity contribution is 9.10. The van der Waals surface area contributed by atoms with Gasteiger partial charge >= 0.3 is 0 Å². The zero-order valence-corrected chi connectivity index (χ0v) is 13.2. The number of ketones is 1. The maximum atomic E-state index is 12.2. The standard InChI is InChI=1S/C14H9BrN2O3S/c1-20-10-4-7(8(15)6-9(10)18)5-11-13(19)12-14(21-11)17-3-2-16-12/h2-6,18H,1H3/b11-5-. The molecular formula is C14H9BrN2O3S. The van der Waals surface area contributed by atoms with E-state index in [1.54, 1.807) is 18.3 Å². The predicted molar refractivity (Wildman–Crippen MR) is 82.6 cm³/mol. The highest BCUT2D eigenvalue weighted by Crippen LogP contribution is 2.40. The molecule has 1 aliphatic rings.